The SMILES string of the molecule is CC(C)[C@H](N)C(=O)NCC(=O)Nc1nccn1Cc1ccccc1Cl. The molecule has 0 aliphatic rings. The molecule has 1 heterocycles. The van der Waals surface area contributed by atoms with E-state index in [-0.39, 0.29) is 24.3 Å². The van der Waals surface area contributed by atoms with Crippen LogP contribution in [0.25, 0.3) is 0 Å². The first-order valence-electron chi connectivity index (χ1n) is 7.96. The summed E-state index contributed by atoms with van der Waals surface area (Å²) in [6.45, 7) is 3.99. The zero-order valence-electron chi connectivity index (χ0n) is 14.2. The van der Waals surface area contributed by atoms with Crippen molar-refractivity contribution in [2.24, 2.45) is 11.7 Å². The molecule has 0 aliphatic heterocycles. The number of nitrogens with one attached hydrogen (secondary N) is 2. The van der Waals surface area contributed by atoms with E-state index in [1.54, 1.807) is 23.0 Å². The molecule has 8 heteroatoms. The third-order valence-corrected chi connectivity index (χ3v) is 4.08. The van der Waals surface area contributed by atoms with Gasteiger partial charge in [-0.3, -0.25) is 14.9 Å². The molecule has 2 aromatic rings. The molecule has 0 bridgehead atoms. The Hall–Kier alpha value is -2.38. The smallest absolute Gasteiger partial charge is 0.246 e. The molecular weight excluding hydrogens is 342 g/mol. The van der Waals surface area contributed by atoms with E-state index >= 15 is 0 Å². The van der Waals surface area contributed by atoms with Crippen LogP contribution in [0.5, 0.6) is 0 Å². The minimum Gasteiger partial charge on any atom is -0.346 e. The number of carbonyl (C=O) groups is 2. The van der Waals surface area contributed by atoms with E-state index in [1.165, 1.54) is 0 Å². The number of rotatable bonds is 7. The molecule has 0 saturated heterocycles. The van der Waals surface area contributed by atoms with Gasteiger partial charge in [0.2, 0.25) is 17.8 Å². The normalized spacial score (nSPS) is 12.0. The maximum absolute atomic E-state index is 12.0. The van der Waals surface area contributed by atoms with E-state index in [0.29, 0.717) is 17.5 Å². The molecule has 7 nitrogen and oxygen atoms in total. The Labute approximate surface area is 151 Å². The summed E-state index contributed by atoms with van der Waals surface area (Å²) in [7, 11) is 0. The van der Waals surface area contributed by atoms with Gasteiger partial charge in [0.1, 0.15) is 0 Å². The van der Waals surface area contributed by atoms with Gasteiger partial charge in [-0.25, -0.2) is 4.98 Å². The van der Waals surface area contributed by atoms with Crippen molar-refractivity contribution in [2.75, 3.05) is 11.9 Å². The molecule has 0 spiro atoms. The predicted octanol–water partition coefficient (Wildman–Crippen LogP) is 1.62. The Morgan fingerprint density at radius 1 is 1.32 bits per heavy atom. The lowest BCUT2D eigenvalue weighted by Gasteiger charge is -2.15. The van der Waals surface area contributed by atoms with Crippen LogP contribution in [-0.2, 0) is 16.1 Å². The quantitative estimate of drug-likeness (QED) is 0.695. The Bertz CT molecular complexity index is 744. The molecule has 2 amide bonds. The summed E-state index contributed by atoms with van der Waals surface area (Å²) >= 11 is 6.16. The lowest BCUT2D eigenvalue weighted by atomic mass is 10.1. The average molecular weight is 364 g/mol. The zero-order valence-corrected chi connectivity index (χ0v) is 15.0. The summed E-state index contributed by atoms with van der Waals surface area (Å²) in [5.41, 5.74) is 6.64. The Kier molecular flexibility index (Phi) is 6.55. The van der Waals surface area contributed by atoms with Crippen LogP contribution in [-0.4, -0.2) is 34.0 Å². The van der Waals surface area contributed by atoms with Crippen molar-refractivity contribution in [1.29, 1.82) is 0 Å². The number of nitrogens with zero attached hydrogens (tertiary/aromatic N) is 2. The predicted molar refractivity (Wildman–Crippen MR) is 97.2 cm³/mol. The first-order chi connectivity index (χ1) is 11.9. The molecule has 0 unspecified atom stereocenters. The summed E-state index contributed by atoms with van der Waals surface area (Å²) in [4.78, 5) is 27.9. The molecule has 4 N–H and O–H groups in total. The summed E-state index contributed by atoms with van der Waals surface area (Å²) in [6, 6.07) is 6.81. The molecule has 1 aromatic carbocycles. The number of aromatic nitrogens is 2. The van der Waals surface area contributed by atoms with Crippen molar-refractivity contribution in [1.82, 2.24) is 14.9 Å². The van der Waals surface area contributed by atoms with E-state index in [0.717, 1.165) is 5.56 Å². The van der Waals surface area contributed by atoms with Gasteiger partial charge in [-0.1, -0.05) is 43.6 Å². The van der Waals surface area contributed by atoms with Gasteiger partial charge >= 0.3 is 0 Å². The van der Waals surface area contributed by atoms with Crippen molar-refractivity contribution < 1.29 is 9.59 Å². The molecule has 0 radical (unpaired) electrons. The van der Waals surface area contributed by atoms with Crippen LogP contribution >= 0.6 is 11.6 Å². The highest BCUT2D eigenvalue weighted by atomic mass is 35.5. The average Bonchev–Trinajstić information content (AvgIpc) is 3.00. The van der Waals surface area contributed by atoms with Crippen LogP contribution in [0, 0.1) is 5.92 Å². The van der Waals surface area contributed by atoms with Gasteiger partial charge in [0, 0.05) is 17.4 Å². The third kappa shape index (κ3) is 5.30. The standard InChI is InChI=1S/C17H22ClN5O2/c1-11(2)15(19)16(25)21-9-14(24)22-17-20-7-8-23(17)10-12-5-3-4-6-13(12)18/h3-8,11,15H,9-10,19H2,1-2H3,(H,21,25)(H,20,22,24)/t15-/m0/s1. The van der Waals surface area contributed by atoms with E-state index in [2.05, 4.69) is 15.6 Å². The fourth-order valence-corrected chi connectivity index (χ4v) is 2.32. The molecule has 0 fully saturated rings. The second kappa shape index (κ2) is 8.64. The maximum Gasteiger partial charge on any atom is 0.246 e. The molecule has 134 valence electrons. The van der Waals surface area contributed by atoms with Crippen molar-refractivity contribution in [3.63, 3.8) is 0 Å². The van der Waals surface area contributed by atoms with Gasteiger partial charge in [0.15, 0.2) is 0 Å². The topological polar surface area (TPSA) is 102 Å². The molecule has 1 aromatic heterocycles. The van der Waals surface area contributed by atoms with Gasteiger partial charge in [-0.15, -0.1) is 0 Å². The van der Waals surface area contributed by atoms with Crippen LogP contribution in [0.3, 0.4) is 0 Å². The van der Waals surface area contributed by atoms with Crippen molar-refractivity contribution >= 4 is 29.4 Å². The minimum absolute atomic E-state index is 0.00224. The van der Waals surface area contributed by atoms with Crippen molar-refractivity contribution in [3.8, 4) is 0 Å². The second-order valence-electron chi connectivity index (χ2n) is 6.01. The monoisotopic (exact) mass is 363 g/mol. The number of hydrogen-bond donors (Lipinski definition) is 3. The van der Waals surface area contributed by atoms with E-state index in [9.17, 15) is 9.59 Å². The number of halogens is 1. The van der Waals surface area contributed by atoms with Gasteiger partial charge in [-0.2, -0.15) is 0 Å². The lowest BCUT2D eigenvalue weighted by Crippen LogP contribution is -2.46. The first-order valence-corrected chi connectivity index (χ1v) is 8.34. The molecule has 2 rings (SSSR count). The maximum atomic E-state index is 12.0. The van der Waals surface area contributed by atoms with Crippen LogP contribution in [0.4, 0.5) is 5.95 Å². The number of amides is 2. The fraction of sp³-hybridized carbons (Fsp3) is 0.353. The fourth-order valence-electron chi connectivity index (χ4n) is 2.13. The van der Waals surface area contributed by atoms with Gasteiger partial charge in [-0.05, 0) is 17.5 Å². The summed E-state index contributed by atoms with van der Waals surface area (Å²) in [5, 5.41) is 5.83. The number of anilines is 1. The molecule has 25 heavy (non-hydrogen) atoms. The highest BCUT2D eigenvalue weighted by Gasteiger charge is 2.18. The Balaban J connectivity index is 1.93. The lowest BCUT2D eigenvalue weighted by molar-refractivity contribution is -0.125. The zero-order chi connectivity index (χ0) is 18.4. The largest absolute Gasteiger partial charge is 0.346 e. The van der Waals surface area contributed by atoms with Gasteiger partial charge in [0.25, 0.3) is 0 Å². The first kappa shape index (κ1) is 19.0. The highest BCUT2D eigenvalue weighted by Crippen LogP contribution is 2.17. The Morgan fingerprint density at radius 2 is 2.04 bits per heavy atom. The molecule has 1 atom stereocenters. The third-order valence-electron chi connectivity index (χ3n) is 3.71. The number of imidazole rings is 1. The van der Waals surface area contributed by atoms with Crippen LogP contribution in [0.1, 0.15) is 19.4 Å². The minimum atomic E-state index is -0.644. The number of hydrogen-bond acceptors (Lipinski definition) is 4. The van der Waals surface area contributed by atoms with Gasteiger partial charge in [0.05, 0.1) is 19.1 Å². The molecule has 0 saturated carbocycles. The summed E-state index contributed by atoms with van der Waals surface area (Å²) in [6.07, 6.45) is 3.33. The Morgan fingerprint density at radius 3 is 2.72 bits per heavy atom. The number of carbonyl (C=O) groups excluding carboxylic acids is 2. The second-order valence-corrected chi connectivity index (χ2v) is 6.41. The van der Waals surface area contributed by atoms with Gasteiger partial charge < -0.3 is 15.6 Å². The summed E-state index contributed by atoms with van der Waals surface area (Å²) in [5.74, 6) is -0.356. The van der Waals surface area contributed by atoms with E-state index in [4.69, 9.17) is 17.3 Å². The molecule has 0 aliphatic carbocycles. The van der Waals surface area contributed by atoms with E-state index in [1.807, 2.05) is 32.0 Å². The highest BCUT2D eigenvalue weighted by molar-refractivity contribution is 6.31. The van der Waals surface area contributed by atoms with Crippen LogP contribution in [0.2, 0.25) is 5.02 Å². The number of nitrogens with two attached hydrogens (primary N) is 1. The summed E-state index contributed by atoms with van der Waals surface area (Å²) < 4.78 is 1.76. The van der Waals surface area contributed by atoms with E-state index < -0.39 is 6.04 Å². The van der Waals surface area contributed by atoms with Crippen molar-refractivity contribution in [3.05, 3.63) is 47.2 Å². The van der Waals surface area contributed by atoms with Crippen LogP contribution < -0.4 is 16.4 Å². The molecular formula is C17H22ClN5O2. The van der Waals surface area contributed by atoms with Crippen LogP contribution in [0.15, 0.2) is 36.7 Å². The number of benzene rings is 1. The van der Waals surface area contributed by atoms with Crippen molar-refractivity contribution in [2.45, 2.75) is 26.4 Å².